The molecule has 0 radical (unpaired) electrons. The first kappa shape index (κ1) is 61.4. The van der Waals surface area contributed by atoms with Crippen LogP contribution in [0.25, 0.3) is 0 Å². The summed E-state index contributed by atoms with van der Waals surface area (Å²) in [4.78, 5) is 25.7. The number of hydrogen-bond donors (Lipinski definition) is 7. The average molecular weight is 961 g/mol. The third-order valence-corrected chi connectivity index (χ3v) is 13.0. The van der Waals surface area contributed by atoms with Gasteiger partial charge in [0.2, 0.25) is 0 Å². The summed E-state index contributed by atoms with van der Waals surface area (Å²) in [5.74, 6) is -0.917. The van der Waals surface area contributed by atoms with Gasteiger partial charge in [0.15, 0.2) is 18.7 Å². The van der Waals surface area contributed by atoms with Crippen molar-refractivity contribution in [3.63, 3.8) is 0 Å². The van der Waals surface area contributed by atoms with E-state index in [0.717, 1.165) is 38.5 Å². The van der Waals surface area contributed by atoms with Crippen molar-refractivity contribution in [3.8, 4) is 0 Å². The molecule has 0 saturated carbocycles. The zero-order valence-electron chi connectivity index (χ0n) is 41.7. The number of carbonyl (C=O) groups is 2. The van der Waals surface area contributed by atoms with Gasteiger partial charge in [0, 0.05) is 12.8 Å². The third-order valence-electron chi connectivity index (χ3n) is 13.0. The van der Waals surface area contributed by atoms with Crippen molar-refractivity contribution in [3.05, 3.63) is 12.2 Å². The largest absolute Gasteiger partial charge is 0.462 e. The number of carbonyl (C=O) groups excluding carboxylic acids is 2. The van der Waals surface area contributed by atoms with E-state index in [4.69, 9.17) is 28.4 Å². The summed E-state index contributed by atoms with van der Waals surface area (Å²) in [7, 11) is 0. The van der Waals surface area contributed by atoms with Gasteiger partial charge in [-0.1, -0.05) is 174 Å². The molecule has 0 aromatic rings. The van der Waals surface area contributed by atoms with Crippen molar-refractivity contribution in [2.24, 2.45) is 0 Å². The SMILES string of the molecule is CCCCCCCC/C=C/CCCCCCCCCCCCCC(=O)OC[C@H](CO[C@H]1O[C@@H](CO[C@H]2O[C@@H](CO)[C@@H](O)C(O)C2O)[C@@H](O)C(O)C1O)OC(=O)CCCCCCCCCCCC. The van der Waals surface area contributed by atoms with Gasteiger partial charge in [0.05, 0.1) is 19.8 Å². The van der Waals surface area contributed by atoms with Crippen LogP contribution in [-0.4, -0.2) is 142 Å². The minimum Gasteiger partial charge on any atom is -0.462 e. The molecule has 0 bridgehead atoms. The quantitative estimate of drug-likeness (QED) is 0.0176. The van der Waals surface area contributed by atoms with Crippen molar-refractivity contribution in [2.75, 3.05) is 26.4 Å². The van der Waals surface area contributed by atoms with Crippen LogP contribution < -0.4 is 0 Å². The van der Waals surface area contributed by atoms with Gasteiger partial charge in [-0.05, 0) is 38.5 Å². The maximum absolute atomic E-state index is 12.9. The predicted octanol–water partition coefficient (Wildman–Crippen LogP) is 7.77. The molecule has 394 valence electrons. The Hall–Kier alpha value is -1.76. The van der Waals surface area contributed by atoms with E-state index in [2.05, 4.69) is 26.0 Å². The van der Waals surface area contributed by atoms with Crippen LogP contribution in [0.5, 0.6) is 0 Å². The molecule has 2 fully saturated rings. The van der Waals surface area contributed by atoms with Crippen molar-refractivity contribution in [2.45, 2.75) is 280 Å². The number of ether oxygens (including phenoxy) is 6. The van der Waals surface area contributed by atoms with Gasteiger partial charge in [-0.2, -0.15) is 0 Å². The van der Waals surface area contributed by atoms with E-state index in [1.807, 2.05) is 0 Å². The average Bonchev–Trinajstić information content (AvgIpc) is 3.32. The van der Waals surface area contributed by atoms with Gasteiger partial charge in [-0.25, -0.2) is 0 Å². The van der Waals surface area contributed by atoms with E-state index in [-0.39, 0.29) is 26.1 Å². The van der Waals surface area contributed by atoms with Gasteiger partial charge in [-0.15, -0.1) is 0 Å². The van der Waals surface area contributed by atoms with Gasteiger partial charge in [0.1, 0.15) is 55.4 Å². The number of aliphatic hydroxyl groups is 7. The minimum absolute atomic E-state index is 0.170. The zero-order valence-corrected chi connectivity index (χ0v) is 41.7. The normalized spacial score (nSPS) is 26.0. The summed E-state index contributed by atoms with van der Waals surface area (Å²) in [5, 5.41) is 72.0. The van der Waals surface area contributed by atoms with Crippen molar-refractivity contribution >= 4 is 11.9 Å². The van der Waals surface area contributed by atoms with Gasteiger partial charge in [-0.3, -0.25) is 9.59 Å². The highest BCUT2D eigenvalue weighted by molar-refractivity contribution is 5.70. The molecule has 2 saturated heterocycles. The molecule has 0 amide bonds. The lowest BCUT2D eigenvalue weighted by Crippen LogP contribution is -2.61. The lowest BCUT2D eigenvalue weighted by molar-refractivity contribution is -0.332. The number of esters is 2. The van der Waals surface area contributed by atoms with E-state index in [1.165, 1.54) is 135 Å². The number of hydrogen-bond acceptors (Lipinski definition) is 15. The maximum atomic E-state index is 12.9. The Morgan fingerprint density at radius 1 is 0.463 bits per heavy atom. The van der Waals surface area contributed by atoms with Crippen LogP contribution >= 0.6 is 0 Å². The lowest BCUT2D eigenvalue weighted by Gasteiger charge is -2.42. The Labute approximate surface area is 403 Å². The van der Waals surface area contributed by atoms with Crippen LogP contribution in [0.3, 0.4) is 0 Å². The maximum Gasteiger partial charge on any atom is 0.306 e. The molecule has 7 N–H and O–H groups in total. The van der Waals surface area contributed by atoms with Crippen LogP contribution in [0.2, 0.25) is 0 Å². The number of allylic oxidation sites excluding steroid dienone is 2. The summed E-state index contributed by atoms with van der Waals surface area (Å²) < 4.78 is 33.6. The molecule has 2 rings (SSSR count). The molecule has 15 nitrogen and oxygen atoms in total. The first-order valence-electron chi connectivity index (χ1n) is 26.8. The molecule has 0 aliphatic carbocycles. The fraction of sp³-hybridized carbons (Fsp3) is 0.923. The smallest absolute Gasteiger partial charge is 0.306 e. The summed E-state index contributed by atoms with van der Waals surface area (Å²) in [5.41, 5.74) is 0. The van der Waals surface area contributed by atoms with Crippen molar-refractivity contribution in [1.82, 2.24) is 0 Å². The molecule has 2 aliphatic heterocycles. The Bertz CT molecular complexity index is 1220. The van der Waals surface area contributed by atoms with E-state index in [0.29, 0.717) is 12.8 Å². The monoisotopic (exact) mass is 961 g/mol. The molecule has 0 aromatic carbocycles. The number of rotatable bonds is 42. The number of aliphatic hydroxyl groups excluding tert-OH is 7. The zero-order chi connectivity index (χ0) is 48.9. The fourth-order valence-corrected chi connectivity index (χ4v) is 8.57. The Balaban J connectivity index is 1.73. The topological polar surface area (TPSA) is 231 Å². The highest BCUT2D eigenvalue weighted by atomic mass is 16.7. The fourth-order valence-electron chi connectivity index (χ4n) is 8.57. The van der Waals surface area contributed by atoms with Gasteiger partial charge < -0.3 is 64.2 Å². The second-order valence-corrected chi connectivity index (χ2v) is 19.1. The molecule has 2 aliphatic rings. The molecular formula is C52H96O15. The van der Waals surface area contributed by atoms with Crippen LogP contribution in [0, 0.1) is 0 Å². The van der Waals surface area contributed by atoms with Crippen molar-refractivity contribution in [1.29, 1.82) is 0 Å². The molecule has 0 aromatic heterocycles. The van der Waals surface area contributed by atoms with E-state index in [1.54, 1.807) is 0 Å². The molecule has 4 unspecified atom stereocenters. The molecular weight excluding hydrogens is 865 g/mol. The summed E-state index contributed by atoms with van der Waals surface area (Å²) in [6.45, 7) is 2.59. The third kappa shape index (κ3) is 28.0. The molecule has 67 heavy (non-hydrogen) atoms. The van der Waals surface area contributed by atoms with Crippen LogP contribution in [0.1, 0.15) is 213 Å². The number of unbranched alkanes of at least 4 members (excludes halogenated alkanes) is 26. The van der Waals surface area contributed by atoms with Crippen molar-refractivity contribution < 1.29 is 73.8 Å². The van der Waals surface area contributed by atoms with E-state index in [9.17, 15) is 45.3 Å². The highest BCUT2D eigenvalue weighted by Crippen LogP contribution is 2.27. The predicted molar refractivity (Wildman–Crippen MR) is 257 cm³/mol. The van der Waals surface area contributed by atoms with Gasteiger partial charge in [0.25, 0.3) is 0 Å². The van der Waals surface area contributed by atoms with E-state index < -0.39 is 92.7 Å². The summed E-state index contributed by atoms with van der Waals surface area (Å²) in [6.07, 6.45) is 22.5. The van der Waals surface area contributed by atoms with Crippen LogP contribution in [0.4, 0.5) is 0 Å². The molecule has 0 spiro atoms. The van der Waals surface area contributed by atoms with Crippen LogP contribution in [0.15, 0.2) is 12.2 Å². The molecule has 15 heteroatoms. The first-order valence-corrected chi connectivity index (χ1v) is 26.8. The first-order chi connectivity index (χ1) is 32.5. The molecule has 2 heterocycles. The van der Waals surface area contributed by atoms with E-state index >= 15 is 0 Å². The molecule has 11 atom stereocenters. The minimum atomic E-state index is -1.76. The van der Waals surface area contributed by atoms with Crippen LogP contribution in [-0.2, 0) is 38.0 Å². The summed E-state index contributed by atoms with van der Waals surface area (Å²) >= 11 is 0. The Morgan fingerprint density at radius 3 is 1.31 bits per heavy atom. The Morgan fingerprint density at radius 2 is 0.851 bits per heavy atom. The standard InChI is InChI=1S/C52H96O15/c1-3-5-7-9-11-13-15-16-17-18-19-20-21-22-23-24-25-27-28-30-32-34-43(54)62-37-40(65-44(55)35-33-31-29-26-14-12-10-8-6-4-2)38-63-51-50(61)48(59)46(57)42(67-51)39-64-52-49(60)47(58)45(56)41(36-53)66-52/h16-17,40-42,45-53,56-61H,3-15,18-39H2,1-2H3/b17-16+/t40-,41+,42+,45-,46-,47?,48?,49?,50?,51+,52+/m1/s1. The second-order valence-electron chi connectivity index (χ2n) is 19.1. The highest BCUT2D eigenvalue weighted by Gasteiger charge is 2.47. The lowest BCUT2D eigenvalue weighted by atomic mass is 9.98. The van der Waals surface area contributed by atoms with Gasteiger partial charge >= 0.3 is 11.9 Å². The Kier molecular flexibility index (Phi) is 36.5. The second kappa shape index (κ2) is 39.9. The summed E-state index contributed by atoms with van der Waals surface area (Å²) in [6, 6.07) is 0.